The van der Waals surface area contributed by atoms with Gasteiger partial charge in [-0.3, -0.25) is 9.78 Å². The largest absolute Gasteiger partial charge is 0.496 e. The first-order valence-electron chi connectivity index (χ1n) is 8.74. The Labute approximate surface area is 175 Å². The molecule has 0 bridgehead atoms. The summed E-state index contributed by atoms with van der Waals surface area (Å²) in [5.74, 6) is -3.54. The van der Waals surface area contributed by atoms with Crippen LogP contribution in [0.15, 0.2) is 36.7 Å². The number of aromatic nitrogens is 1. The first kappa shape index (κ1) is 25.4. The molecule has 0 aliphatic carbocycles. The molecule has 0 radical (unpaired) electrons. The molecule has 8 nitrogen and oxygen atoms in total. The summed E-state index contributed by atoms with van der Waals surface area (Å²) >= 11 is 0. The van der Waals surface area contributed by atoms with Crippen LogP contribution in [-0.2, 0) is 16.0 Å². The van der Waals surface area contributed by atoms with Crippen LogP contribution in [-0.4, -0.2) is 52.4 Å². The summed E-state index contributed by atoms with van der Waals surface area (Å²) in [7, 11) is 1.57. The quantitative estimate of drug-likeness (QED) is 0.628. The zero-order chi connectivity index (χ0) is 23.8. The van der Waals surface area contributed by atoms with Crippen molar-refractivity contribution < 1.29 is 42.5 Å². The lowest BCUT2D eigenvalue weighted by Crippen LogP contribution is -2.42. The van der Waals surface area contributed by atoms with Crippen molar-refractivity contribution in [3.63, 3.8) is 0 Å². The SMILES string of the molecule is COc1c(C)cc(C(=O)NC(Cc2ccncc2)C(=O)O)cc1C.O=C(O)C(F)(F)F. The Hall–Kier alpha value is -3.63. The van der Waals surface area contributed by atoms with Gasteiger partial charge in [0.15, 0.2) is 0 Å². The van der Waals surface area contributed by atoms with Gasteiger partial charge in [-0.25, -0.2) is 9.59 Å². The predicted molar refractivity (Wildman–Crippen MR) is 103 cm³/mol. The van der Waals surface area contributed by atoms with Crippen LogP contribution in [0.25, 0.3) is 0 Å². The van der Waals surface area contributed by atoms with Crippen molar-refractivity contribution in [2.45, 2.75) is 32.5 Å². The lowest BCUT2D eigenvalue weighted by atomic mass is 10.0. The second-order valence-corrected chi connectivity index (χ2v) is 6.37. The van der Waals surface area contributed by atoms with Gasteiger partial charge in [0.05, 0.1) is 7.11 Å². The van der Waals surface area contributed by atoms with Gasteiger partial charge < -0.3 is 20.3 Å². The molecule has 0 aliphatic rings. The third-order valence-electron chi connectivity index (χ3n) is 3.96. The lowest BCUT2D eigenvalue weighted by Gasteiger charge is -2.16. The Kier molecular flexibility index (Phi) is 8.97. The molecule has 0 aliphatic heterocycles. The number of aliphatic carboxylic acids is 2. The number of hydrogen-bond donors (Lipinski definition) is 3. The number of nitrogens with one attached hydrogen (secondary N) is 1. The number of halogens is 3. The fraction of sp³-hybridized carbons (Fsp3) is 0.300. The number of rotatable bonds is 6. The first-order chi connectivity index (χ1) is 14.4. The molecule has 3 N–H and O–H groups in total. The van der Waals surface area contributed by atoms with E-state index in [1.165, 1.54) is 0 Å². The molecule has 1 heterocycles. The van der Waals surface area contributed by atoms with Crippen molar-refractivity contribution in [2.24, 2.45) is 0 Å². The van der Waals surface area contributed by atoms with Gasteiger partial charge in [-0.15, -0.1) is 0 Å². The summed E-state index contributed by atoms with van der Waals surface area (Å²) < 4.78 is 37.0. The molecular weight excluding hydrogens is 421 g/mol. The number of alkyl halides is 3. The molecule has 1 aromatic heterocycles. The van der Waals surface area contributed by atoms with Crippen molar-refractivity contribution in [3.8, 4) is 5.75 Å². The fourth-order valence-electron chi connectivity index (χ4n) is 2.60. The Morgan fingerprint density at radius 3 is 1.97 bits per heavy atom. The topological polar surface area (TPSA) is 126 Å². The van der Waals surface area contributed by atoms with Crippen LogP contribution >= 0.6 is 0 Å². The van der Waals surface area contributed by atoms with Crippen LogP contribution in [0.3, 0.4) is 0 Å². The van der Waals surface area contributed by atoms with E-state index in [9.17, 15) is 27.9 Å². The normalized spacial score (nSPS) is 11.5. The third-order valence-corrected chi connectivity index (χ3v) is 3.96. The molecule has 1 atom stereocenters. The van der Waals surface area contributed by atoms with E-state index >= 15 is 0 Å². The van der Waals surface area contributed by atoms with Crippen molar-refractivity contribution in [1.29, 1.82) is 0 Å². The molecule has 2 aromatic rings. The van der Waals surface area contributed by atoms with Crippen LogP contribution in [0.4, 0.5) is 13.2 Å². The number of carbonyl (C=O) groups is 3. The van der Waals surface area contributed by atoms with Gasteiger partial charge in [0.2, 0.25) is 0 Å². The molecule has 11 heteroatoms. The highest BCUT2D eigenvalue weighted by Crippen LogP contribution is 2.24. The van der Waals surface area contributed by atoms with Crippen LogP contribution in [0.2, 0.25) is 0 Å². The van der Waals surface area contributed by atoms with Crippen molar-refractivity contribution in [3.05, 3.63) is 58.9 Å². The molecule has 1 unspecified atom stereocenters. The summed E-state index contributed by atoms with van der Waals surface area (Å²) in [4.78, 5) is 36.7. The second kappa shape index (κ2) is 11.0. The van der Waals surface area contributed by atoms with Gasteiger partial charge in [0.25, 0.3) is 5.91 Å². The Balaban J connectivity index is 0.000000592. The lowest BCUT2D eigenvalue weighted by molar-refractivity contribution is -0.192. The monoisotopic (exact) mass is 442 g/mol. The maximum absolute atomic E-state index is 12.4. The first-order valence-corrected chi connectivity index (χ1v) is 8.74. The molecule has 31 heavy (non-hydrogen) atoms. The van der Waals surface area contributed by atoms with E-state index in [4.69, 9.17) is 14.6 Å². The number of amides is 1. The van der Waals surface area contributed by atoms with E-state index < -0.39 is 30.1 Å². The van der Waals surface area contributed by atoms with E-state index in [1.807, 2.05) is 13.8 Å². The van der Waals surface area contributed by atoms with Crippen molar-refractivity contribution in [2.75, 3.05) is 7.11 Å². The molecule has 0 spiro atoms. The van der Waals surface area contributed by atoms with Gasteiger partial charge in [0.1, 0.15) is 11.8 Å². The van der Waals surface area contributed by atoms with E-state index in [0.717, 1.165) is 22.4 Å². The molecule has 2 rings (SSSR count). The highest BCUT2D eigenvalue weighted by molar-refractivity contribution is 5.97. The minimum absolute atomic E-state index is 0.192. The number of carbonyl (C=O) groups excluding carboxylic acids is 1. The molecule has 0 saturated carbocycles. The molecule has 168 valence electrons. The Bertz CT molecular complexity index is 909. The third kappa shape index (κ3) is 7.96. The predicted octanol–water partition coefficient (Wildman–Crippen LogP) is 2.77. The number of pyridine rings is 1. The highest BCUT2D eigenvalue weighted by atomic mass is 19.4. The van der Waals surface area contributed by atoms with Gasteiger partial charge in [-0.2, -0.15) is 13.2 Å². The van der Waals surface area contributed by atoms with Crippen molar-refractivity contribution in [1.82, 2.24) is 10.3 Å². The molecule has 0 saturated heterocycles. The van der Waals surface area contributed by atoms with Crippen LogP contribution in [0.5, 0.6) is 5.75 Å². The summed E-state index contributed by atoms with van der Waals surface area (Å²) in [5, 5.41) is 19.1. The minimum atomic E-state index is -5.08. The van der Waals surface area contributed by atoms with Crippen LogP contribution < -0.4 is 10.1 Å². The number of aryl methyl sites for hydroxylation is 2. The number of nitrogens with zero attached hydrogens (tertiary/aromatic N) is 1. The summed E-state index contributed by atoms with van der Waals surface area (Å²) in [6.45, 7) is 3.68. The second-order valence-electron chi connectivity index (χ2n) is 6.37. The number of carboxylic acids is 2. The smallest absolute Gasteiger partial charge is 0.490 e. The number of hydrogen-bond acceptors (Lipinski definition) is 5. The Morgan fingerprint density at radius 1 is 1.10 bits per heavy atom. The van der Waals surface area contributed by atoms with Gasteiger partial charge in [-0.05, 0) is 54.8 Å². The average Bonchev–Trinajstić information content (AvgIpc) is 2.67. The number of benzene rings is 1. The van der Waals surface area contributed by atoms with E-state index in [0.29, 0.717) is 5.56 Å². The maximum Gasteiger partial charge on any atom is 0.490 e. The molecular formula is C20H21F3N2O6. The maximum atomic E-state index is 12.4. The Morgan fingerprint density at radius 2 is 1.58 bits per heavy atom. The van der Waals surface area contributed by atoms with Gasteiger partial charge in [-0.1, -0.05) is 0 Å². The minimum Gasteiger partial charge on any atom is -0.496 e. The molecule has 1 amide bonds. The summed E-state index contributed by atoms with van der Waals surface area (Å²) in [6.07, 6.45) is -1.71. The number of methoxy groups -OCH3 is 1. The molecule has 0 fully saturated rings. The van der Waals surface area contributed by atoms with E-state index in [-0.39, 0.29) is 6.42 Å². The van der Waals surface area contributed by atoms with E-state index in [1.54, 1.807) is 43.8 Å². The van der Waals surface area contributed by atoms with Gasteiger partial charge in [0, 0.05) is 24.4 Å². The average molecular weight is 442 g/mol. The standard InChI is InChI=1S/C18H20N2O4.C2HF3O2/c1-11-8-14(9-12(2)16(11)24-3)17(21)20-15(18(22)23)10-13-4-6-19-7-5-13;3-2(4,5)1(6)7/h4-9,15H,10H2,1-3H3,(H,20,21)(H,22,23);(H,6,7). The fourth-order valence-corrected chi connectivity index (χ4v) is 2.60. The highest BCUT2D eigenvalue weighted by Gasteiger charge is 2.38. The zero-order valence-electron chi connectivity index (χ0n) is 16.9. The van der Waals surface area contributed by atoms with Crippen LogP contribution in [0, 0.1) is 13.8 Å². The van der Waals surface area contributed by atoms with Crippen molar-refractivity contribution >= 4 is 17.8 Å². The van der Waals surface area contributed by atoms with Gasteiger partial charge >= 0.3 is 18.1 Å². The van der Waals surface area contributed by atoms with Crippen LogP contribution in [0.1, 0.15) is 27.0 Å². The van der Waals surface area contributed by atoms with E-state index in [2.05, 4.69) is 10.3 Å². The number of carboxylic acid groups (broad SMARTS) is 2. The number of ether oxygens (including phenoxy) is 1. The summed E-state index contributed by atoms with van der Waals surface area (Å²) in [5.41, 5.74) is 2.85. The summed E-state index contributed by atoms with van der Waals surface area (Å²) in [6, 6.07) is 5.81. The zero-order valence-corrected chi connectivity index (χ0v) is 16.9. The molecule has 1 aromatic carbocycles.